The number of ether oxygens (including phenoxy) is 1. The van der Waals surface area contributed by atoms with Crippen molar-refractivity contribution in [2.75, 3.05) is 20.6 Å². The van der Waals surface area contributed by atoms with Crippen molar-refractivity contribution < 1.29 is 14.6 Å². The Morgan fingerprint density at radius 3 is 2.18 bits per heavy atom. The number of aliphatic hydroxyl groups is 1. The summed E-state index contributed by atoms with van der Waals surface area (Å²) in [6.07, 6.45) is 11.8. The minimum atomic E-state index is -0.638. The van der Waals surface area contributed by atoms with Gasteiger partial charge in [0.1, 0.15) is 5.75 Å². The fourth-order valence-electron chi connectivity index (χ4n) is 4.95. The molecule has 4 heteroatoms. The average molecular weight is 388 g/mol. The molecule has 1 atom stereocenters. The smallest absolute Gasteiger partial charge is 0.314 e. The van der Waals surface area contributed by atoms with Crippen LogP contribution >= 0.6 is 0 Å². The molecular formula is C24H37NO3. The molecule has 2 fully saturated rings. The van der Waals surface area contributed by atoms with Crippen LogP contribution in [0.25, 0.3) is 0 Å². The molecule has 1 aromatic rings. The summed E-state index contributed by atoms with van der Waals surface area (Å²) in [6.45, 7) is 0.817. The van der Waals surface area contributed by atoms with Gasteiger partial charge in [-0.25, -0.2) is 0 Å². The van der Waals surface area contributed by atoms with Gasteiger partial charge in [0.15, 0.2) is 0 Å². The molecule has 2 aliphatic carbocycles. The number of nitrogens with zero attached hydrogens (tertiary/aromatic N) is 1. The molecule has 0 heterocycles. The van der Waals surface area contributed by atoms with Gasteiger partial charge in [-0.1, -0.05) is 57.1 Å². The first-order valence-corrected chi connectivity index (χ1v) is 11.2. The summed E-state index contributed by atoms with van der Waals surface area (Å²) >= 11 is 0. The number of carbonyl (C=O) groups excluding carboxylic acids is 1. The van der Waals surface area contributed by atoms with Crippen LogP contribution in [-0.4, -0.2) is 42.2 Å². The van der Waals surface area contributed by atoms with Crippen molar-refractivity contribution in [3.8, 4) is 5.75 Å². The van der Waals surface area contributed by atoms with Crippen molar-refractivity contribution in [3.63, 3.8) is 0 Å². The maximum atomic E-state index is 12.5. The van der Waals surface area contributed by atoms with Gasteiger partial charge in [-0.15, -0.1) is 0 Å². The zero-order valence-electron chi connectivity index (χ0n) is 17.7. The van der Waals surface area contributed by atoms with Gasteiger partial charge in [0.25, 0.3) is 0 Å². The van der Waals surface area contributed by atoms with E-state index in [4.69, 9.17) is 4.74 Å². The highest BCUT2D eigenvalue weighted by molar-refractivity contribution is 5.75. The van der Waals surface area contributed by atoms with Crippen molar-refractivity contribution in [1.82, 2.24) is 4.90 Å². The number of esters is 1. The third-order valence-electron chi connectivity index (χ3n) is 6.61. The van der Waals surface area contributed by atoms with Crippen LogP contribution in [0.15, 0.2) is 24.3 Å². The molecule has 156 valence electrons. The second kappa shape index (κ2) is 9.89. The van der Waals surface area contributed by atoms with Gasteiger partial charge in [0, 0.05) is 12.5 Å². The summed E-state index contributed by atoms with van der Waals surface area (Å²) in [5.41, 5.74) is 0.494. The Morgan fingerprint density at radius 1 is 1.04 bits per heavy atom. The Hall–Kier alpha value is -1.39. The minimum Gasteiger partial charge on any atom is -0.426 e. The fraction of sp³-hybridized carbons (Fsp3) is 0.708. The Kier molecular flexibility index (Phi) is 7.53. The van der Waals surface area contributed by atoms with Crippen LogP contribution in [0.3, 0.4) is 0 Å². The van der Waals surface area contributed by atoms with Crippen LogP contribution in [0.5, 0.6) is 5.75 Å². The van der Waals surface area contributed by atoms with Crippen molar-refractivity contribution in [1.29, 1.82) is 0 Å². The van der Waals surface area contributed by atoms with Crippen LogP contribution in [-0.2, 0) is 4.79 Å². The molecule has 0 aliphatic heterocycles. The molecule has 0 aromatic heterocycles. The predicted octanol–water partition coefficient (Wildman–Crippen LogP) is 4.90. The van der Waals surface area contributed by atoms with Crippen molar-refractivity contribution >= 4 is 5.97 Å². The standard InChI is InChI=1S/C24H37NO3/c1-25(2)18-22(24(27)16-8-5-9-17-24)19-12-14-21(15-13-19)28-23(26)20-10-6-3-4-7-11-20/h12-15,20,22,27H,3-11,16-18H2,1-2H3. The number of likely N-dealkylation sites (N-methyl/N-ethyl adjacent to an activating group) is 1. The summed E-state index contributed by atoms with van der Waals surface area (Å²) in [5.74, 6) is 0.670. The summed E-state index contributed by atoms with van der Waals surface area (Å²) < 4.78 is 5.68. The molecule has 28 heavy (non-hydrogen) atoms. The molecule has 1 aromatic carbocycles. The van der Waals surface area contributed by atoms with E-state index in [1.54, 1.807) is 0 Å². The van der Waals surface area contributed by atoms with E-state index in [1.165, 1.54) is 19.3 Å². The number of benzene rings is 1. The number of rotatable bonds is 6. The van der Waals surface area contributed by atoms with Gasteiger partial charge in [-0.3, -0.25) is 4.79 Å². The van der Waals surface area contributed by atoms with Crippen LogP contribution in [0, 0.1) is 5.92 Å². The van der Waals surface area contributed by atoms with E-state index < -0.39 is 5.60 Å². The number of hydrogen-bond donors (Lipinski definition) is 1. The van der Waals surface area contributed by atoms with Gasteiger partial charge >= 0.3 is 5.97 Å². The summed E-state index contributed by atoms with van der Waals surface area (Å²) in [7, 11) is 4.12. The molecule has 0 bridgehead atoms. The van der Waals surface area contributed by atoms with E-state index in [1.807, 2.05) is 24.3 Å². The van der Waals surface area contributed by atoms with E-state index in [0.29, 0.717) is 5.75 Å². The van der Waals surface area contributed by atoms with Crippen molar-refractivity contribution in [3.05, 3.63) is 29.8 Å². The molecule has 3 rings (SSSR count). The molecule has 2 aliphatic rings. The number of carbonyl (C=O) groups is 1. The van der Waals surface area contributed by atoms with E-state index in [0.717, 1.165) is 63.5 Å². The van der Waals surface area contributed by atoms with Crippen LogP contribution in [0.4, 0.5) is 0 Å². The van der Waals surface area contributed by atoms with E-state index in [-0.39, 0.29) is 17.8 Å². The van der Waals surface area contributed by atoms with Crippen LogP contribution < -0.4 is 4.74 Å². The Morgan fingerprint density at radius 2 is 1.61 bits per heavy atom. The first kappa shape index (κ1) is 21.3. The van der Waals surface area contributed by atoms with E-state index in [9.17, 15) is 9.90 Å². The second-order valence-electron chi connectivity index (χ2n) is 9.16. The Balaban J connectivity index is 1.69. The maximum Gasteiger partial charge on any atom is 0.314 e. The average Bonchev–Trinajstić information content (AvgIpc) is 2.97. The Bertz CT molecular complexity index is 611. The monoisotopic (exact) mass is 387 g/mol. The van der Waals surface area contributed by atoms with Crippen LogP contribution in [0.1, 0.15) is 82.1 Å². The lowest BCUT2D eigenvalue weighted by atomic mass is 9.72. The van der Waals surface area contributed by atoms with Crippen molar-refractivity contribution in [2.24, 2.45) is 5.92 Å². The third kappa shape index (κ3) is 5.57. The zero-order valence-corrected chi connectivity index (χ0v) is 17.7. The summed E-state index contributed by atoms with van der Waals surface area (Å²) in [5, 5.41) is 11.3. The third-order valence-corrected chi connectivity index (χ3v) is 6.61. The van der Waals surface area contributed by atoms with Gasteiger partial charge in [0.2, 0.25) is 0 Å². The van der Waals surface area contributed by atoms with Gasteiger partial charge in [-0.2, -0.15) is 0 Å². The normalized spacial score (nSPS) is 21.9. The first-order valence-electron chi connectivity index (χ1n) is 11.2. The second-order valence-corrected chi connectivity index (χ2v) is 9.16. The largest absolute Gasteiger partial charge is 0.426 e. The lowest BCUT2D eigenvalue weighted by molar-refractivity contribution is -0.139. The topological polar surface area (TPSA) is 49.8 Å². The lowest BCUT2D eigenvalue weighted by Gasteiger charge is -2.40. The quantitative estimate of drug-likeness (QED) is 0.428. The first-order chi connectivity index (χ1) is 13.5. The molecule has 0 spiro atoms. The lowest BCUT2D eigenvalue weighted by Crippen LogP contribution is -2.42. The van der Waals surface area contributed by atoms with Gasteiger partial charge < -0.3 is 14.7 Å². The molecular weight excluding hydrogens is 350 g/mol. The van der Waals surface area contributed by atoms with Crippen LogP contribution in [0.2, 0.25) is 0 Å². The van der Waals surface area contributed by atoms with Gasteiger partial charge in [-0.05, 0) is 57.5 Å². The predicted molar refractivity (Wildman–Crippen MR) is 113 cm³/mol. The molecule has 4 nitrogen and oxygen atoms in total. The van der Waals surface area contributed by atoms with Crippen molar-refractivity contribution in [2.45, 2.75) is 82.1 Å². The molecule has 1 N–H and O–H groups in total. The number of hydrogen-bond acceptors (Lipinski definition) is 4. The summed E-state index contributed by atoms with van der Waals surface area (Å²) in [6, 6.07) is 7.88. The highest BCUT2D eigenvalue weighted by Gasteiger charge is 2.38. The van der Waals surface area contributed by atoms with E-state index >= 15 is 0 Å². The molecule has 2 saturated carbocycles. The fourth-order valence-corrected chi connectivity index (χ4v) is 4.95. The van der Waals surface area contributed by atoms with E-state index in [2.05, 4.69) is 19.0 Å². The maximum absolute atomic E-state index is 12.5. The molecule has 0 radical (unpaired) electrons. The summed E-state index contributed by atoms with van der Waals surface area (Å²) in [4.78, 5) is 14.7. The highest BCUT2D eigenvalue weighted by Crippen LogP contribution is 2.40. The minimum absolute atomic E-state index is 0.0478. The zero-order chi connectivity index (χ0) is 20.0. The SMILES string of the molecule is CN(C)CC(c1ccc(OC(=O)C2CCCCCC2)cc1)C1(O)CCCCC1. The molecule has 0 saturated heterocycles. The molecule has 0 amide bonds. The Labute approximate surface area is 170 Å². The highest BCUT2D eigenvalue weighted by atomic mass is 16.5. The molecule has 1 unspecified atom stereocenters. The van der Waals surface area contributed by atoms with Gasteiger partial charge in [0.05, 0.1) is 11.5 Å².